The van der Waals surface area contributed by atoms with Crippen LogP contribution >= 0.6 is 0 Å². The number of hydrogen-bond acceptors (Lipinski definition) is 4. The highest BCUT2D eigenvalue weighted by Crippen LogP contribution is 2.40. The van der Waals surface area contributed by atoms with Gasteiger partial charge in [0, 0.05) is 23.9 Å². The summed E-state index contributed by atoms with van der Waals surface area (Å²) in [6, 6.07) is 7.75. The van der Waals surface area contributed by atoms with Gasteiger partial charge in [0.05, 0.1) is 36.6 Å². The Balaban J connectivity index is 1.52. The molecular weight excluding hydrogens is 455 g/mol. The number of hydrogen-bond donors (Lipinski definition) is 1. The largest absolute Gasteiger partial charge is 0.495 e. The number of aryl methyl sites for hydroxylation is 1. The highest BCUT2D eigenvalue weighted by molar-refractivity contribution is 5.73. The summed E-state index contributed by atoms with van der Waals surface area (Å²) in [6.07, 6.45) is 5.92. The second-order valence-corrected chi connectivity index (χ2v) is 8.73. The third-order valence-electron chi connectivity index (χ3n) is 6.56. The second kappa shape index (κ2) is 9.13. The maximum absolute atomic E-state index is 14.0. The zero-order chi connectivity index (χ0) is 24.7. The van der Waals surface area contributed by atoms with Gasteiger partial charge < -0.3 is 14.2 Å². The molecule has 0 unspecified atom stereocenters. The van der Waals surface area contributed by atoms with Crippen molar-refractivity contribution >= 4 is 5.82 Å². The Bertz CT molecular complexity index is 1360. The fraction of sp³-hybridized carbons (Fsp3) is 0.308. The van der Waals surface area contributed by atoms with E-state index in [0.717, 1.165) is 59.0 Å². The average Bonchev–Trinajstić information content (AvgIpc) is 3.49. The lowest BCUT2D eigenvalue weighted by Crippen LogP contribution is -2.33. The van der Waals surface area contributed by atoms with Crippen molar-refractivity contribution in [2.45, 2.75) is 39.2 Å². The van der Waals surface area contributed by atoms with Gasteiger partial charge in [0.1, 0.15) is 11.6 Å². The van der Waals surface area contributed by atoms with Gasteiger partial charge in [-0.05, 0) is 56.0 Å². The van der Waals surface area contributed by atoms with Gasteiger partial charge in [-0.1, -0.05) is 13.0 Å². The number of imidazole rings is 1. The smallest absolute Gasteiger partial charge is 0.194 e. The second-order valence-electron chi connectivity index (χ2n) is 8.73. The van der Waals surface area contributed by atoms with Crippen LogP contribution in [0, 0.1) is 24.4 Å². The van der Waals surface area contributed by atoms with Gasteiger partial charge in [-0.15, -0.1) is 0 Å². The van der Waals surface area contributed by atoms with Gasteiger partial charge in [0.15, 0.2) is 17.5 Å². The first-order valence-electron chi connectivity index (χ1n) is 11.6. The minimum absolute atomic E-state index is 0.326. The summed E-state index contributed by atoms with van der Waals surface area (Å²) in [4.78, 5) is 6.36. The molecule has 182 valence electrons. The van der Waals surface area contributed by atoms with Gasteiger partial charge in [-0.2, -0.15) is 5.10 Å². The molecule has 2 aromatic carbocycles. The summed E-state index contributed by atoms with van der Waals surface area (Å²) in [5.41, 5.74) is 4.91. The van der Waals surface area contributed by atoms with Crippen LogP contribution < -0.4 is 9.64 Å². The number of H-pyrrole nitrogens is 1. The zero-order valence-electron chi connectivity index (χ0n) is 19.8. The van der Waals surface area contributed by atoms with E-state index in [1.807, 2.05) is 42.8 Å². The number of nitrogens with one attached hydrogen (secondary N) is 1. The summed E-state index contributed by atoms with van der Waals surface area (Å²) in [7, 11) is 1.63. The minimum atomic E-state index is -1.45. The molecule has 1 atom stereocenters. The van der Waals surface area contributed by atoms with E-state index in [1.54, 1.807) is 13.4 Å². The van der Waals surface area contributed by atoms with Crippen molar-refractivity contribution < 1.29 is 17.9 Å². The summed E-state index contributed by atoms with van der Waals surface area (Å²) in [5, 5.41) is 7.76. The monoisotopic (exact) mass is 481 g/mol. The number of nitrogens with zero attached hydrogens (tertiary/aromatic N) is 4. The molecule has 2 aromatic heterocycles. The lowest BCUT2D eigenvalue weighted by atomic mass is 9.96. The van der Waals surface area contributed by atoms with Crippen molar-refractivity contribution in [3.05, 3.63) is 77.1 Å². The predicted molar refractivity (Wildman–Crippen MR) is 127 cm³/mol. The molecule has 0 bridgehead atoms. The molecule has 35 heavy (non-hydrogen) atoms. The number of aromatic amines is 1. The highest BCUT2D eigenvalue weighted by Gasteiger charge is 2.30. The number of anilines is 1. The van der Waals surface area contributed by atoms with E-state index in [9.17, 15) is 13.2 Å². The van der Waals surface area contributed by atoms with Crippen molar-refractivity contribution in [3.8, 4) is 22.7 Å². The third kappa shape index (κ3) is 4.05. The molecule has 9 heteroatoms. The van der Waals surface area contributed by atoms with Crippen LogP contribution in [0.25, 0.3) is 16.9 Å². The van der Waals surface area contributed by atoms with E-state index in [2.05, 4.69) is 20.1 Å². The molecule has 0 spiro atoms. The maximum Gasteiger partial charge on any atom is 0.194 e. The Morgan fingerprint density at radius 3 is 2.57 bits per heavy atom. The maximum atomic E-state index is 14.0. The summed E-state index contributed by atoms with van der Waals surface area (Å²) < 4.78 is 49.1. The normalized spacial score (nSPS) is 14.2. The minimum Gasteiger partial charge on any atom is -0.495 e. The van der Waals surface area contributed by atoms with Gasteiger partial charge in [0.25, 0.3) is 0 Å². The van der Waals surface area contributed by atoms with Crippen molar-refractivity contribution in [2.24, 2.45) is 0 Å². The van der Waals surface area contributed by atoms with E-state index >= 15 is 0 Å². The fourth-order valence-electron chi connectivity index (χ4n) is 4.91. The summed E-state index contributed by atoms with van der Waals surface area (Å²) in [6.45, 7) is 4.56. The van der Waals surface area contributed by atoms with Crippen molar-refractivity contribution in [1.82, 2.24) is 19.7 Å². The van der Waals surface area contributed by atoms with E-state index < -0.39 is 17.5 Å². The average molecular weight is 482 g/mol. The van der Waals surface area contributed by atoms with Crippen LogP contribution in [0.2, 0.25) is 0 Å². The number of fused-ring (bicyclic) bond motifs is 1. The van der Waals surface area contributed by atoms with Crippen molar-refractivity contribution in [3.63, 3.8) is 0 Å². The molecule has 0 fully saturated rings. The Hall–Kier alpha value is -3.75. The van der Waals surface area contributed by atoms with E-state index in [4.69, 9.17) is 4.74 Å². The van der Waals surface area contributed by atoms with Crippen LogP contribution in [0.4, 0.5) is 19.0 Å². The molecule has 6 nitrogen and oxygen atoms in total. The third-order valence-corrected chi connectivity index (χ3v) is 6.56. The Labute approximate surface area is 201 Å². The molecule has 1 aliphatic heterocycles. The first-order chi connectivity index (χ1) is 16.9. The molecule has 0 aliphatic carbocycles. The topological polar surface area (TPSA) is 59.0 Å². The van der Waals surface area contributed by atoms with Gasteiger partial charge in [-0.25, -0.2) is 18.2 Å². The molecule has 3 heterocycles. The molecule has 0 saturated heterocycles. The number of aromatic nitrogens is 4. The Morgan fingerprint density at radius 2 is 1.91 bits per heavy atom. The highest BCUT2D eigenvalue weighted by atomic mass is 19.2. The quantitative estimate of drug-likeness (QED) is 0.349. The zero-order valence-corrected chi connectivity index (χ0v) is 19.8. The molecule has 0 saturated carbocycles. The van der Waals surface area contributed by atoms with Crippen LogP contribution in [0.5, 0.6) is 5.75 Å². The number of methoxy groups -OCH3 is 1. The van der Waals surface area contributed by atoms with Crippen LogP contribution in [-0.4, -0.2) is 33.4 Å². The van der Waals surface area contributed by atoms with Crippen LogP contribution in [0.15, 0.2) is 42.9 Å². The molecule has 0 radical (unpaired) electrons. The lowest BCUT2D eigenvalue weighted by molar-refractivity contribution is 0.413. The molecule has 1 N–H and O–H groups in total. The summed E-state index contributed by atoms with van der Waals surface area (Å²) in [5.74, 6) is -2.30. The first-order valence-corrected chi connectivity index (χ1v) is 11.6. The van der Waals surface area contributed by atoms with Gasteiger partial charge >= 0.3 is 0 Å². The van der Waals surface area contributed by atoms with Crippen molar-refractivity contribution in [2.75, 3.05) is 18.6 Å². The van der Waals surface area contributed by atoms with E-state index in [-0.39, 0.29) is 6.04 Å². The lowest BCUT2D eigenvalue weighted by Gasteiger charge is -2.36. The van der Waals surface area contributed by atoms with Gasteiger partial charge in [-0.3, -0.25) is 5.10 Å². The standard InChI is InChI=1S/C26H26F3N5O/c1-4-21(17-10-19(27)24(29)20(28)11-17)34-9-5-6-18-25(31-32-26(18)34)16-7-8-22(23(12-16)35-3)33-13-15(2)30-14-33/h7-8,10-14,21H,4-6,9H2,1-3H3,(H,31,32)/t21-/m1/s1. The van der Waals surface area contributed by atoms with Crippen LogP contribution in [-0.2, 0) is 6.42 Å². The molecule has 5 rings (SSSR count). The number of ether oxygens (including phenoxy) is 1. The summed E-state index contributed by atoms with van der Waals surface area (Å²) >= 11 is 0. The number of benzene rings is 2. The molecule has 4 aromatic rings. The van der Waals surface area contributed by atoms with Crippen LogP contribution in [0.3, 0.4) is 0 Å². The number of rotatable bonds is 6. The fourth-order valence-corrected chi connectivity index (χ4v) is 4.91. The molecular formula is C26H26F3N5O. The van der Waals surface area contributed by atoms with Crippen LogP contribution in [0.1, 0.15) is 42.6 Å². The van der Waals surface area contributed by atoms with Crippen molar-refractivity contribution in [1.29, 1.82) is 0 Å². The van der Waals surface area contributed by atoms with E-state index in [0.29, 0.717) is 24.3 Å². The predicted octanol–water partition coefficient (Wildman–Crippen LogP) is 5.90. The molecule has 1 aliphatic rings. The number of halogens is 3. The SMILES string of the molecule is CC[C@H](c1cc(F)c(F)c(F)c1)N1CCCc2c(-c3ccc(-n4cnc(C)c4)c(OC)c3)n[nH]c21. The first kappa shape index (κ1) is 23.0. The molecule has 0 amide bonds. The van der Waals surface area contributed by atoms with Gasteiger partial charge in [0.2, 0.25) is 0 Å². The Morgan fingerprint density at radius 1 is 1.14 bits per heavy atom. The van der Waals surface area contributed by atoms with E-state index in [1.165, 1.54) is 0 Å². The Kier molecular flexibility index (Phi) is 6.00.